The van der Waals surface area contributed by atoms with Gasteiger partial charge >= 0.3 is 0 Å². The smallest absolute Gasteiger partial charge is 0.170 e. The first-order valence-electron chi connectivity index (χ1n) is 5.91. The maximum Gasteiger partial charge on any atom is 0.170 e. The Morgan fingerprint density at radius 1 is 1.44 bits per heavy atom. The lowest BCUT2D eigenvalue weighted by molar-refractivity contribution is 0.0766. The van der Waals surface area contributed by atoms with Crippen molar-refractivity contribution in [1.82, 2.24) is 10.1 Å². The van der Waals surface area contributed by atoms with E-state index in [1.165, 1.54) is 25.3 Å². The Labute approximate surface area is 94.6 Å². The minimum atomic E-state index is 0.174. The third kappa shape index (κ3) is 1.48. The van der Waals surface area contributed by atoms with E-state index in [-0.39, 0.29) is 11.7 Å². The lowest BCUT2D eigenvalue weighted by atomic mass is 9.86. The van der Waals surface area contributed by atoms with Gasteiger partial charge < -0.3 is 9.42 Å². The van der Waals surface area contributed by atoms with Crippen molar-refractivity contribution in [2.45, 2.75) is 37.8 Å². The largest absolute Gasteiger partial charge is 0.364 e. The zero-order chi connectivity index (χ0) is 11.1. The second-order valence-corrected chi connectivity index (χ2v) is 5.00. The summed E-state index contributed by atoms with van der Waals surface area (Å²) >= 11 is 0. The van der Waals surface area contributed by atoms with Crippen molar-refractivity contribution in [2.24, 2.45) is 5.92 Å². The molecule has 16 heavy (non-hydrogen) atoms. The Hall–Kier alpha value is -1.16. The number of rotatable bonds is 2. The van der Waals surface area contributed by atoms with E-state index in [0.717, 1.165) is 12.8 Å². The molecule has 0 radical (unpaired) electrons. The van der Waals surface area contributed by atoms with Gasteiger partial charge in [-0.15, -0.1) is 0 Å². The maximum absolute atomic E-state index is 12.2. The molecule has 0 spiro atoms. The number of aromatic nitrogens is 1. The van der Waals surface area contributed by atoms with Crippen LogP contribution in [0.1, 0.15) is 36.0 Å². The molecule has 0 aromatic carbocycles. The van der Waals surface area contributed by atoms with Gasteiger partial charge in [-0.05, 0) is 32.7 Å². The first-order valence-corrected chi connectivity index (χ1v) is 5.91. The summed E-state index contributed by atoms with van der Waals surface area (Å²) in [5.74, 6) is 0.388. The molecule has 1 aromatic heterocycles. The highest BCUT2D eigenvalue weighted by atomic mass is 16.5. The molecule has 0 amide bonds. The van der Waals surface area contributed by atoms with Crippen molar-refractivity contribution in [3.8, 4) is 0 Å². The molecule has 2 saturated heterocycles. The monoisotopic (exact) mass is 220 g/mol. The standard InChI is InChI=1S/C12H16N2O2/c1-14-10-2-3-11(14)5-8(4-10)12(15)9-6-13-16-7-9/h6-8,10-11H,2-5H2,1H3. The zero-order valence-corrected chi connectivity index (χ0v) is 9.43. The van der Waals surface area contributed by atoms with E-state index in [1.54, 1.807) is 0 Å². The van der Waals surface area contributed by atoms with Crippen LogP contribution >= 0.6 is 0 Å². The molecule has 1 aromatic rings. The van der Waals surface area contributed by atoms with Gasteiger partial charge in [-0.25, -0.2) is 0 Å². The average Bonchev–Trinajstić information content (AvgIpc) is 2.85. The average molecular weight is 220 g/mol. The van der Waals surface area contributed by atoms with Crippen molar-refractivity contribution < 1.29 is 9.32 Å². The summed E-state index contributed by atoms with van der Waals surface area (Å²) in [7, 11) is 2.18. The normalized spacial score (nSPS) is 34.2. The number of hydrogen-bond donors (Lipinski definition) is 0. The molecular weight excluding hydrogens is 204 g/mol. The van der Waals surface area contributed by atoms with Crippen LogP contribution in [0.2, 0.25) is 0 Å². The van der Waals surface area contributed by atoms with E-state index in [4.69, 9.17) is 4.52 Å². The first-order chi connectivity index (χ1) is 7.75. The molecule has 2 aliphatic rings. The highest BCUT2D eigenvalue weighted by Gasteiger charge is 2.41. The predicted molar refractivity (Wildman–Crippen MR) is 58.1 cm³/mol. The molecule has 2 fully saturated rings. The third-order valence-electron chi connectivity index (χ3n) is 4.19. The van der Waals surface area contributed by atoms with Gasteiger partial charge in [0, 0.05) is 18.0 Å². The molecular formula is C12H16N2O2. The molecule has 3 heterocycles. The third-order valence-corrected chi connectivity index (χ3v) is 4.19. The summed E-state index contributed by atoms with van der Waals surface area (Å²) < 4.78 is 4.74. The number of hydrogen-bond acceptors (Lipinski definition) is 4. The van der Waals surface area contributed by atoms with Crippen LogP contribution in [-0.2, 0) is 0 Å². The van der Waals surface area contributed by atoms with Crippen LogP contribution in [0.5, 0.6) is 0 Å². The zero-order valence-electron chi connectivity index (χ0n) is 9.43. The molecule has 2 atom stereocenters. The number of Topliss-reactive ketones (excluding diaryl/α,β-unsaturated/α-hetero) is 1. The maximum atomic E-state index is 12.2. The lowest BCUT2D eigenvalue weighted by Crippen LogP contribution is -2.42. The lowest BCUT2D eigenvalue weighted by Gasteiger charge is -2.35. The molecule has 4 nitrogen and oxygen atoms in total. The van der Waals surface area contributed by atoms with Gasteiger partial charge in [0.1, 0.15) is 6.26 Å². The Morgan fingerprint density at radius 3 is 2.69 bits per heavy atom. The van der Waals surface area contributed by atoms with Crippen molar-refractivity contribution in [1.29, 1.82) is 0 Å². The van der Waals surface area contributed by atoms with Gasteiger partial charge in [0.25, 0.3) is 0 Å². The molecule has 2 aliphatic heterocycles. The van der Waals surface area contributed by atoms with Crippen LogP contribution < -0.4 is 0 Å². The molecule has 0 aliphatic carbocycles. The molecule has 86 valence electrons. The van der Waals surface area contributed by atoms with Gasteiger partial charge in [0.15, 0.2) is 5.78 Å². The van der Waals surface area contributed by atoms with Crippen LogP contribution in [0.4, 0.5) is 0 Å². The quantitative estimate of drug-likeness (QED) is 0.712. The number of fused-ring (bicyclic) bond motifs is 2. The number of carbonyl (C=O) groups excluding carboxylic acids is 1. The highest BCUT2D eigenvalue weighted by molar-refractivity contribution is 5.97. The minimum absolute atomic E-state index is 0.174. The van der Waals surface area contributed by atoms with E-state index >= 15 is 0 Å². The molecule has 0 saturated carbocycles. The Bertz CT molecular complexity index is 374. The topological polar surface area (TPSA) is 46.3 Å². The van der Waals surface area contributed by atoms with Crippen LogP contribution in [0, 0.1) is 5.92 Å². The summed E-state index contributed by atoms with van der Waals surface area (Å²) in [6, 6.07) is 1.21. The van der Waals surface area contributed by atoms with Crippen molar-refractivity contribution >= 4 is 5.78 Å². The van der Waals surface area contributed by atoms with E-state index < -0.39 is 0 Å². The summed E-state index contributed by atoms with van der Waals surface area (Å²) in [5, 5.41) is 3.60. The molecule has 2 unspecified atom stereocenters. The van der Waals surface area contributed by atoms with Crippen LogP contribution in [0.25, 0.3) is 0 Å². The molecule has 4 heteroatoms. The highest BCUT2D eigenvalue weighted by Crippen LogP contribution is 2.38. The van der Waals surface area contributed by atoms with E-state index in [0.29, 0.717) is 17.6 Å². The van der Waals surface area contributed by atoms with E-state index in [9.17, 15) is 4.79 Å². The molecule has 2 bridgehead atoms. The van der Waals surface area contributed by atoms with Crippen LogP contribution in [0.3, 0.4) is 0 Å². The van der Waals surface area contributed by atoms with Gasteiger partial charge in [-0.3, -0.25) is 4.79 Å². The second kappa shape index (κ2) is 3.70. The summed E-state index contributed by atoms with van der Waals surface area (Å²) in [4.78, 5) is 14.6. The fourth-order valence-corrected chi connectivity index (χ4v) is 3.19. The first kappa shape index (κ1) is 10.0. The van der Waals surface area contributed by atoms with Crippen molar-refractivity contribution in [2.75, 3.05) is 7.05 Å². The number of ketones is 1. The van der Waals surface area contributed by atoms with Crippen LogP contribution in [0.15, 0.2) is 17.0 Å². The molecule has 3 rings (SSSR count). The van der Waals surface area contributed by atoms with E-state index in [1.807, 2.05) is 0 Å². The number of nitrogens with zero attached hydrogens (tertiary/aromatic N) is 2. The number of carbonyl (C=O) groups is 1. The minimum Gasteiger partial charge on any atom is -0.364 e. The van der Waals surface area contributed by atoms with Crippen LogP contribution in [-0.4, -0.2) is 35.0 Å². The number of piperidine rings is 1. The summed E-state index contributed by atoms with van der Waals surface area (Å²) in [6.45, 7) is 0. The fraction of sp³-hybridized carbons (Fsp3) is 0.667. The van der Waals surface area contributed by atoms with E-state index in [2.05, 4.69) is 17.1 Å². The molecule has 0 N–H and O–H groups in total. The Kier molecular flexibility index (Phi) is 2.32. The van der Waals surface area contributed by atoms with Gasteiger partial charge in [0.2, 0.25) is 0 Å². The SMILES string of the molecule is CN1C2CCC1CC(C(=O)c1cnoc1)C2. The Balaban J connectivity index is 1.76. The summed E-state index contributed by atoms with van der Waals surface area (Å²) in [5.41, 5.74) is 0.633. The van der Waals surface area contributed by atoms with Gasteiger partial charge in [-0.1, -0.05) is 5.16 Å². The van der Waals surface area contributed by atoms with Gasteiger partial charge in [0.05, 0.1) is 11.8 Å². The fourth-order valence-electron chi connectivity index (χ4n) is 3.19. The summed E-state index contributed by atoms with van der Waals surface area (Å²) in [6.07, 6.45) is 7.47. The Morgan fingerprint density at radius 2 is 2.12 bits per heavy atom. The van der Waals surface area contributed by atoms with Crippen molar-refractivity contribution in [3.63, 3.8) is 0 Å². The predicted octanol–water partition coefficient (Wildman–Crippen LogP) is 1.73. The second-order valence-electron chi connectivity index (χ2n) is 5.00. The van der Waals surface area contributed by atoms with Crippen molar-refractivity contribution in [3.05, 3.63) is 18.0 Å². The van der Waals surface area contributed by atoms with Gasteiger partial charge in [-0.2, -0.15) is 0 Å².